The van der Waals surface area contributed by atoms with E-state index in [0.29, 0.717) is 52.5 Å². The number of carbonyl (C=O) groups excluding carboxylic acids is 2. The highest BCUT2D eigenvalue weighted by Gasteiger charge is 2.40. The maximum absolute atomic E-state index is 14.2. The lowest BCUT2D eigenvalue weighted by atomic mass is 9.97. The van der Waals surface area contributed by atoms with Crippen molar-refractivity contribution in [2.75, 3.05) is 14.2 Å². The van der Waals surface area contributed by atoms with Gasteiger partial charge in [0.25, 0.3) is 11.8 Å². The predicted molar refractivity (Wildman–Crippen MR) is 149 cm³/mol. The molecule has 4 aromatic rings. The van der Waals surface area contributed by atoms with Crippen molar-refractivity contribution in [3.05, 3.63) is 105 Å². The molecule has 1 atom stereocenters. The molecule has 6 rings (SSSR count). The standard InChI is InChI=1S/C31H28N4O5/c1-18-9-5-8-12-24(18)32-28-17-25-23-16-27(40-4)26(39-3)15-20(23)13-14-33(25)31(38)34(28)19(2)35-29(36)21-10-6-7-11-22(21)30(35)37/h5-12,15-17,19H,13-14H2,1-4H3. The van der Waals surface area contributed by atoms with Crippen LogP contribution in [0.4, 0.5) is 5.69 Å². The van der Waals surface area contributed by atoms with Crippen LogP contribution in [0.15, 0.2) is 76.5 Å². The second-order valence-electron chi connectivity index (χ2n) is 9.86. The molecule has 0 fully saturated rings. The highest BCUT2D eigenvalue weighted by atomic mass is 16.5. The Morgan fingerprint density at radius 3 is 2.10 bits per heavy atom. The van der Waals surface area contributed by atoms with Crippen LogP contribution in [0.5, 0.6) is 11.5 Å². The van der Waals surface area contributed by atoms with Crippen molar-refractivity contribution in [1.82, 2.24) is 14.0 Å². The molecule has 1 unspecified atom stereocenters. The highest BCUT2D eigenvalue weighted by molar-refractivity contribution is 6.21. The molecule has 0 saturated carbocycles. The Labute approximate surface area is 230 Å². The first-order valence-corrected chi connectivity index (χ1v) is 13.0. The number of para-hydroxylation sites is 1. The number of fused-ring (bicyclic) bond motifs is 4. The largest absolute Gasteiger partial charge is 0.493 e. The summed E-state index contributed by atoms with van der Waals surface area (Å²) in [6.07, 6.45) is -0.328. The summed E-state index contributed by atoms with van der Waals surface area (Å²) < 4.78 is 14.1. The molecule has 1 aromatic heterocycles. The van der Waals surface area contributed by atoms with E-state index in [-0.39, 0.29) is 5.69 Å². The maximum atomic E-state index is 14.2. The zero-order valence-corrected chi connectivity index (χ0v) is 22.7. The number of hydrogen-bond donors (Lipinski definition) is 0. The number of amides is 2. The van der Waals surface area contributed by atoms with Crippen LogP contribution in [0.25, 0.3) is 11.3 Å². The molecule has 9 heteroatoms. The quantitative estimate of drug-likeness (QED) is 0.356. The van der Waals surface area contributed by atoms with Gasteiger partial charge in [-0.15, -0.1) is 0 Å². The van der Waals surface area contributed by atoms with E-state index in [9.17, 15) is 14.4 Å². The zero-order chi connectivity index (χ0) is 28.1. The lowest BCUT2D eigenvalue weighted by Crippen LogP contribution is -2.49. The number of imide groups is 1. The fourth-order valence-corrected chi connectivity index (χ4v) is 5.55. The number of ether oxygens (including phenoxy) is 2. The minimum atomic E-state index is -0.924. The van der Waals surface area contributed by atoms with Crippen LogP contribution >= 0.6 is 0 Å². The number of carbonyl (C=O) groups is 2. The molecule has 2 aliphatic heterocycles. The van der Waals surface area contributed by atoms with Gasteiger partial charge in [0.15, 0.2) is 11.5 Å². The smallest absolute Gasteiger partial charge is 0.331 e. The normalized spacial score (nSPS) is 15.0. The molecule has 3 heterocycles. The Balaban J connectivity index is 1.60. The Bertz CT molecular complexity index is 1800. The molecule has 0 saturated heterocycles. The summed E-state index contributed by atoms with van der Waals surface area (Å²) in [5.41, 5.74) is 4.74. The van der Waals surface area contributed by atoms with Crippen LogP contribution in [-0.2, 0) is 13.0 Å². The number of rotatable bonds is 5. The van der Waals surface area contributed by atoms with Gasteiger partial charge in [-0.05, 0) is 61.7 Å². The third-order valence-electron chi connectivity index (χ3n) is 7.65. The Morgan fingerprint density at radius 1 is 0.825 bits per heavy atom. The van der Waals surface area contributed by atoms with Crippen LogP contribution in [-0.4, -0.2) is 40.1 Å². The lowest BCUT2D eigenvalue weighted by molar-refractivity contribution is 0.0523. The van der Waals surface area contributed by atoms with Crippen LogP contribution in [0.3, 0.4) is 0 Å². The van der Waals surface area contributed by atoms with Crippen LogP contribution in [0, 0.1) is 6.92 Å². The monoisotopic (exact) mass is 536 g/mol. The summed E-state index contributed by atoms with van der Waals surface area (Å²) in [4.78, 5) is 47.0. The number of nitrogens with zero attached hydrogens (tertiary/aromatic N) is 4. The third-order valence-corrected chi connectivity index (χ3v) is 7.65. The van der Waals surface area contributed by atoms with Crippen molar-refractivity contribution in [1.29, 1.82) is 0 Å². The average Bonchev–Trinajstić information content (AvgIpc) is 3.22. The van der Waals surface area contributed by atoms with Gasteiger partial charge in [-0.25, -0.2) is 9.79 Å². The summed E-state index contributed by atoms with van der Waals surface area (Å²) in [6, 6.07) is 19.9. The second-order valence-corrected chi connectivity index (χ2v) is 9.86. The molecule has 9 nitrogen and oxygen atoms in total. The molecule has 0 bridgehead atoms. The summed E-state index contributed by atoms with van der Waals surface area (Å²) in [6.45, 7) is 4.03. The van der Waals surface area contributed by atoms with Crippen molar-refractivity contribution in [2.45, 2.75) is 33.0 Å². The molecule has 0 radical (unpaired) electrons. The molecular weight excluding hydrogens is 508 g/mol. The van der Waals surface area contributed by atoms with Crippen molar-refractivity contribution in [3.8, 4) is 22.8 Å². The molecule has 3 aromatic carbocycles. The Hall–Kier alpha value is -4.92. The van der Waals surface area contributed by atoms with Crippen LogP contribution in [0.2, 0.25) is 0 Å². The topological polar surface area (TPSA) is 95.1 Å². The van der Waals surface area contributed by atoms with Gasteiger partial charge in [0.1, 0.15) is 11.7 Å². The number of aryl methyl sites for hydroxylation is 2. The van der Waals surface area contributed by atoms with E-state index in [1.807, 2.05) is 49.4 Å². The first-order valence-electron chi connectivity index (χ1n) is 13.0. The molecule has 0 aliphatic carbocycles. The molecule has 202 valence electrons. The predicted octanol–water partition coefficient (Wildman–Crippen LogP) is 4.25. The van der Waals surface area contributed by atoms with Crippen molar-refractivity contribution >= 4 is 17.5 Å². The number of aromatic nitrogens is 2. The van der Waals surface area contributed by atoms with E-state index in [4.69, 9.17) is 14.5 Å². The first-order chi connectivity index (χ1) is 19.3. The summed E-state index contributed by atoms with van der Waals surface area (Å²) in [7, 11) is 3.16. The molecule has 2 amide bonds. The molecule has 40 heavy (non-hydrogen) atoms. The van der Waals surface area contributed by atoms with Gasteiger partial charge in [0.05, 0.1) is 36.7 Å². The Morgan fingerprint density at radius 2 is 1.45 bits per heavy atom. The summed E-state index contributed by atoms with van der Waals surface area (Å²) >= 11 is 0. The Kier molecular flexibility index (Phi) is 6.14. The molecule has 2 aliphatic rings. The lowest BCUT2D eigenvalue weighted by Gasteiger charge is -2.28. The SMILES string of the molecule is COc1cc2c(cc1OC)-c1cc(=Nc3ccccc3C)n(C(C)N3C(=O)c4ccccc4C3=O)c(=O)n1CC2. The van der Waals surface area contributed by atoms with Gasteiger partial charge >= 0.3 is 5.69 Å². The molecular formula is C31H28N4O5. The van der Waals surface area contributed by atoms with Gasteiger partial charge in [0, 0.05) is 18.2 Å². The van der Waals surface area contributed by atoms with Gasteiger partial charge < -0.3 is 9.47 Å². The molecule has 0 N–H and O–H groups in total. The average molecular weight is 537 g/mol. The van der Waals surface area contributed by atoms with E-state index < -0.39 is 18.0 Å². The first kappa shape index (κ1) is 25.4. The van der Waals surface area contributed by atoms with Gasteiger partial charge in [-0.3, -0.25) is 23.6 Å². The van der Waals surface area contributed by atoms with Crippen molar-refractivity contribution in [3.63, 3.8) is 0 Å². The van der Waals surface area contributed by atoms with E-state index in [2.05, 4.69) is 0 Å². The third kappa shape index (κ3) is 3.85. The van der Waals surface area contributed by atoms with E-state index in [1.165, 1.54) is 4.57 Å². The number of methoxy groups -OCH3 is 2. The van der Waals surface area contributed by atoms with Gasteiger partial charge in [-0.1, -0.05) is 30.3 Å². The van der Waals surface area contributed by atoms with Gasteiger partial charge in [0.2, 0.25) is 0 Å². The fraction of sp³-hybridized carbons (Fsp3) is 0.226. The van der Waals surface area contributed by atoms with Crippen molar-refractivity contribution in [2.24, 2.45) is 4.99 Å². The van der Waals surface area contributed by atoms with E-state index in [1.54, 1.807) is 50.0 Å². The molecule has 0 spiro atoms. The fourth-order valence-electron chi connectivity index (χ4n) is 5.55. The van der Waals surface area contributed by atoms with E-state index in [0.717, 1.165) is 21.6 Å². The second kappa shape index (κ2) is 9.68. The zero-order valence-electron chi connectivity index (χ0n) is 22.7. The highest BCUT2D eigenvalue weighted by Crippen LogP contribution is 2.38. The maximum Gasteiger partial charge on any atom is 0.331 e. The van der Waals surface area contributed by atoms with Crippen LogP contribution < -0.4 is 20.7 Å². The van der Waals surface area contributed by atoms with Gasteiger partial charge in [-0.2, -0.15) is 0 Å². The summed E-state index contributed by atoms with van der Waals surface area (Å²) in [5.74, 6) is 0.293. The summed E-state index contributed by atoms with van der Waals surface area (Å²) in [5, 5.41) is 0. The van der Waals surface area contributed by atoms with Crippen molar-refractivity contribution < 1.29 is 19.1 Å². The minimum Gasteiger partial charge on any atom is -0.493 e. The number of benzene rings is 3. The minimum absolute atomic E-state index is 0.324. The number of hydrogen-bond acceptors (Lipinski definition) is 6. The van der Waals surface area contributed by atoms with E-state index >= 15 is 0 Å². The van der Waals surface area contributed by atoms with Crippen LogP contribution in [0.1, 0.15) is 44.9 Å².